The lowest BCUT2D eigenvalue weighted by atomic mass is 10.1. The van der Waals surface area contributed by atoms with Crippen LogP contribution in [-0.2, 0) is 17.8 Å². The molecule has 4 rings (SSSR count). The molecule has 2 aromatic heterocycles. The molecule has 0 amide bonds. The molecule has 0 unspecified atom stereocenters. The number of nitrogens with one attached hydrogen (secondary N) is 3. The molecule has 0 atom stereocenters. The Morgan fingerprint density at radius 1 is 0.895 bits per heavy atom. The minimum Gasteiger partial charge on any atom is -0.399 e. The van der Waals surface area contributed by atoms with Crippen LogP contribution in [0.3, 0.4) is 0 Å². The number of rotatable bonds is 14. The van der Waals surface area contributed by atoms with Gasteiger partial charge in [0.1, 0.15) is 12.7 Å². The zero-order valence-corrected chi connectivity index (χ0v) is 20.2. The Morgan fingerprint density at radius 2 is 1.63 bits per heavy atom. The Bertz CT molecular complexity index is 1290. The number of nitrogens with zero attached hydrogens (tertiary/aromatic N) is 4. The second kappa shape index (κ2) is 12.8. The number of halogens is 5. The van der Waals surface area contributed by atoms with Crippen LogP contribution in [0.5, 0.6) is 5.75 Å². The molecule has 0 spiro atoms. The maximum Gasteiger partial charge on any atom is 0.573 e. The van der Waals surface area contributed by atoms with Crippen molar-refractivity contribution in [2.75, 3.05) is 26.3 Å². The summed E-state index contributed by atoms with van der Waals surface area (Å²) in [6, 6.07) is 5.66. The third-order valence-electron chi connectivity index (χ3n) is 5.58. The van der Waals surface area contributed by atoms with Crippen LogP contribution in [0.4, 0.5) is 22.0 Å². The van der Waals surface area contributed by atoms with Gasteiger partial charge in [-0.1, -0.05) is 0 Å². The largest absolute Gasteiger partial charge is 0.573 e. The summed E-state index contributed by atoms with van der Waals surface area (Å²) >= 11 is 0. The van der Waals surface area contributed by atoms with Crippen molar-refractivity contribution in [2.24, 2.45) is 0 Å². The number of alkyl halides is 3. The molecule has 0 radical (unpaired) electrons. The average molecular weight is 540 g/mol. The van der Waals surface area contributed by atoms with Gasteiger partial charge in [-0.05, 0) is 54.8 Å². The van der Waals surface area contributed by atoms with Gasteiger partial charge in [0, 0.05) is 31.6 Å². The summed E-state index contributed by atoms with van der Waals surface area (Å²) < 4.78 is 75.0. The lowest BCUT2D eigenvalue weighted by Gasteiger charge is -2.12. The topological polar surface area (TPSA) is 102 Å². The van der Waals surface area contributed by atoms with Crippen LogP contribution < -0.4 is 15.4 Å². The predicted molar refractivity (Wildman–Crippen MR) is 128 cm³/mol. The summed E-state index contributed by atoms with van der Waals surface area (Å²) in [4.78, 5) is 0. The van der Waals surface area contributed by atoms with Gasteiger partial charge in [0.15, 0.2) is 11.6 Å². The lowest BCUT2D eigenvalue weighted by Crippen LogP contribution is -2.20. The molecule has 0 aliphatic heterocycles. The number of hydrogen-bond donors (Lipinski definition) is 3. The Morgan fingerprint density at radius 3 is 2.37 bits per heavy atom. The third-order valence-corrected chi connectivity index (χ3v) is 5.58. The quantitative estimate of drug-likeness (QED) is 0.165. The van der Waals surface area contributed by atoms with E-state index in [-0.39, 0.29) is 12.1 Å². The van der Waals surface area contributed by atoms with E-state index in [1.54, 1.807) is 18.9 Å². The molecule has 0 aliphatic rings. The van der Waals surface area contributed by atoms with E-state index in [4.69, 9.17) is 4.74 Å². The van der Waals surface area contributed by atoms with E-state index in [1.165, 1.54) is 0 Å². The van der Waals surface area contributed by atoms with Crippen molar-refractivity contribution in [1.29, 1.82) is 0 Å². The molecule has 38 heavy (non-hydrogen) atoms. The summed E-state index contributed by atoms with van der Waals surface area (Å²) in [6.07, 6.45) is 1.40. The highest BCUT2D eigenvalue weighted by molar-refractivity contribution is 5.84. The molecule has 2 heterocycles. The van der Waals surface area contributed by atoms with Gasteiger partial charge in [-0.2, -0.15) is 5.10 Å². The SMILES string of the molecule is Fc1cc(CNCCCCOCCNCc2cc(-n3cnnc3)cc3[nH]ncc23)cc(F)c1OC(F)(F)F. The Hall–Kier alpha value is -3.62. The Labute approximate surface area is 214 Å². The molecule has 2 aromatic carbocycles. The summed E-state index contributed by atoms with van der Waals surface area (Å²) in [5.74, 6) is -4.26. The van der Waals surface area contributed by atoms with Gasteiger partial charge in [-0.15, -0.1) is 23.4 Å². The van der Waals surface area contributed by atoms with Crippen molar-refractivity contribution < 1.29 is 31.4 Å². The zero-order chi connectivity index (χ0) is 27.0. The van der Waals surface area contributed by atoms with E-state index in [2.05, 4.69) is 41.8 Å². The van der Waals surface area contributed by atoms with Crippen LogP contribution in [0, 0.1) is 11.6 Å². The highest BCUT2D eigenvalue weighted by Gasteiger charge is 2.34. The van der Waals surface area contributed by atoms with Crippen LogP contribution >= 0.6 is 0 Å². The molecular weight excluding hydrogens is 513 g/mol. The number of unbranched alkanes of at least 4 members (excludes halogenated alkanes) is 1. The molecule has 0 fully saturated rings. The number of aromatic nitrogens is 5. The fourth-order valence-corrected chi connectivity index (χ4v) is 3.82. The molecule has 0 saturated carbocycles. The first kappa shape index (κ1) is 27.4. The highest BCUT2D eigenvalue weighted by atomic mass is 19.4. The highest BCUT2D eigenvalue weighted by Crippen LogP contribution is 2.29. The summed E-state index contributed by atoms with van der Waals surface area (Å²) in [6.45, 7) is 3.01. The standard InChI is InChI=1S/C24H26F5N7O2/c25-20-7-16(8-21(26)23(20)38-24(27,28)29)11-30-3-1-2-5-37-6-4-31-12-17-9-18(36-14-33-34-15-36)10-22-19(17)13-32-35-22/h7-10,13-15,30-31H,1-6,11-12H2,(H,32,35). The molecule has 9 nitrogen and oxygen atoms in total. The van der Waals surface area contributed by atoms with Gasteiger partial charge in [-0.25, -0.2) is 8.78 Å². The average Bonchev–Trinajstić information content (AvgIpc) is 3.56. The number of H-pyrrole nitrogens is 1. The van der Waals surface area contributed by atoms with Crippen molar-refractivity contribution in [2.45, 2.75) is 32.3 Å². The smallest absolute Gasteiger partial charge is 0.399 e. The van der Waals surface area contributed by atoms with E-state index in [0.29, 0.717) is 32.8 Å². The van der Waals surface area contributed by atoms with E-state index in [1.807, 2.05) is 10.6 Å². The first-order valence-corrected chi connectivity index (χ1v) is 11.8. The monoisotopic (exact) mass is 539 g/mol. The summed E-state index contributed by atoms with van der Waals surface area (Å²) in [5.41, 5.74) is 3.10. The van der Waals surface area contributed by atoms with Gasteiger partial charge < -0.3 is 20.1 Å². The normalized spacial score (nSPS) is 11.9. The van der Waals surface area contributed by atoms with Crippen LogP contribution in [0.2, 0.25) is 0 Å². The van der Waals surface area contributed by atoms with Crippen molar-refractivity contribution >= 4 is 10.9 Å². The van der Waals surface area contributed by atoms with Gasteiger partial charge in [0.25, 0.3) is 0 Å². The number of hydrogen-bond acceptors (Lipinski definition) is 7. The fraction of sp³-hybridized carbons (Fsp3) is 0.375. The number of fused-ring (bicyclic) bond motifs is 1. The van der Waals surface area contributed by atoms with E-state index < -0.39 is 23.7 Å². The van der Waals surface area contributed by atoms with Gasteiger partial charge >= 0.3 is 6.36 Å². The predicted octanol–water partition coefficient (Wildman–Crippen LogP) is 4.00. The maximum absolute atomic E-state index is 13.7. The minimum atomic E-state index is -5.17. The molecule has 3 N–H and O–H groups in total. The van der Waals surface area contributed by atoms with Gasteiger partial charge in [0.05, 0.1) is 24.0 Å². The van der Waals surface area contributed by atoms with E-state index in [0.717, 1.165) is 47.1 Å². The molecule has 0 saturated heterocycles. The Kier molecular flexibility index (Phi) is 9.20. The zero-order valence-electron chi connectivity index (χ0n) is 20.2. The van der Waals surface area contributed by atoms with Crippen molar-refractivity contribution in [1.82, 2.24) is 35.6 Å². The number of benzene rings is 2. The molecule has 0 aliphatic carbocycles. The molecule has 14 heteroatoms. The van der Waals surface area contributed by atoms with Crippen molar-refractivity contribution in [3.63, 3.8) is 0 Å². The first-order valence-electron chi connectivity index (χ1n) is 11.8. The van der Waals surface area contributed by atoms with Crippen molar-refractivity contribution in [3.05, 3.63) is 65.9 Å². The second-order valence-corrected chi connectivity index (χ2v) is 8.41. The molecular formula is C24H26F5N7O2. The maximum atomic E-state index is 13.7. The second-order valence-electron chi connectivity index (χ2n) is 8.41. The van der Waals surface area contributed by atoms with Crippen LogP contribution in [0.25, 0.3) is 16.6 Å². The van der Waals surface area contributed by atoms with Crippen molar-refractivity contribution in [3.8, 4) is 11.4 Å². The van der Waals surface area contributed by atoms with Crippen LogP contribution in [0.15, 0.2) is 43.1 Å². The van der Waals surface area contributed by atoms with Crippen LogP contribution in [0.1, 0.15) is 24.0 Å². The fourth-order valence-electron chi connectivity index (χ4n) is 3.82. The lowest BCUT2D eigenvalue weighted by molar-refractivity contribution is -0.276. The molecule has 0 bridgehead atoms. The van der Waals surface area contributed by atoms with Crippen LogP contribution in [-0.4, -0.2) is 57.6 Å². The summed E-state index contributed by atoms with van der Waals surface area (Å²) in [7, 11) is 0. The van der Waals surface area contributed by atoms with Gasteiger partial charge in [-0.3, -0.25) is 9.67 Å². The minimum absolute atomic E-state index is 0.105. The first-order chi connectivity index (χ1) is 18.3. The Balaban J connectivity index is 1.09. The third kappa shape index (κ3) is 7.69. The molecule has 4 aromatic rings. The molecule has 204 valence electrons. The number of ether oxygens (including phenoxy) is 2. The summed E-state index contributed by atoms with van der Waals surface area (Å²) in [5, 5.41) is 22.2. The number of aromatic amines is 1. The van der Waals surface area contributed by atoms with E-state index >= 15 is 0 Å². The van der Waals surface area contributed by atoms with E-state index in [9.17, 15) is 22.0 Å². The van der Waals surface area contributed by atoms with Gasteiger partial charge in [0.2, 0.25) is 5.75 Å².